The van der Waals surface area contributed by atoms with Gasteiger partial charge in [0.05, 0.1) is 11.7 Å². The van der Waals surface area contributed by atoms with Crippen LogP contribution >= 0.6 is 0 Å². The van der Waals surface area contributed by atoms with E-state index in [0.717, 1.165) is 12.3 Å². The van der Waals surface area contributed by atoms with E-state index >= 15 is 0 Å². The van der Waals surface area contributed by atoms with Crippen molar-refractivity contribution in [1.82, 2.24) is 0 Å². The lowest BCUT2D eigenvalue weighted by atomic mass is 9.79. The van der Waals surface area contributed by atoms with Gasteiger partial charge >= 0.3 is 0 Å². The fraction of sp³-hybridized carbons (Fsp3) is 0.733. The van der Waals surface area contributed by atoms with E-state index in [0.29, 0.717) is 6.10 Å². The molecule has 16 heavy (non-hydrogen) atoms. The lowest BCUT2D eigenvalue weighted by Gasteiger charge is -2.23. The van der Waals surface area contributed by atoms with Crippen LogP contribution in [-0.2, 0) is 4.74 Å². The van der Waals surface area contributed by atoms with E-state index in [4.69, 9.17) is 4.74 Å². The summed E-state index contributed by atoms with van der Waals surface area (Å²) in [7, 11) is 0. The molecule has 0 aromatic carbocycles. The molecular weight excluding hydrogens is 196 g/mol. The molecular formula is C15H24O. The van der Waals surface area contributed by atoms with Crippen LogP contribution in [0, 0.1) is 5.92 Å². The van der Waals surface area contributed by atoms with Gasteiger partial charge in [0.2, 0.25) is 0 Å². The summed E-state index contributed by atoms with van der Waals surface area (Å²) < 4.78 is 5.75. The van der Waals surface area contributed by atoms with Crippen molar-refractivity contribution in [3.63, 3.8) is 0 Å². The fourth-order valence-electron chi connectivity index (χ4n) is 2.71. The summed E-state index contributed by atoms with van der Waals surface area (Å²) in [6.07, 6.45) is 10.1. The summed E-state index contributed by atoms with van der Waals surface area (Å²) in [6, 6.07) is 0. The van der Waals surface area contributed by atoms with Crippen LogP contribution in [0.5, 0.6) is 0 Å². The number of hydrogen-bond acceptors (Lipinski definition) is 1. The average molecular weight is 220 g/mol. The Balaban J connectivity index is 1.86. The molecule has 3 atom stereocenters. The molecule has 1 heterocycles. The lowest BCUT2D eigenvalue weighted by molar-refractivity contribution is 0.303. The molecule has 0 amide bonds. The highest BCUT2D eigenvalue weighted by atomic mass is 16.6. The molecule has 1 nitrogen and oxygen atoms in total. The molecule has 2 fully saturated rings. The normalized spacial score (nSPS) is 37.9. The first-order chi connectivity index (χ1) is 7.51. The van der Waals surface area contributed by atoms with Gasteiger partial charge in [-0.2, -0.15) is 0 Å². The molecule has 0 bridgehead atoms. The minimum absolute atomic E-state index is 0.261. The van der Waals surface area contributed by atoms with Crippen LogP contribution in [0.2, 0.25) is 0 Å². The Morgan fingerprint density at radius 3 is 2.69 bits per heavy atom. The fourth-order valence-corrected chi connectivity index (χ4v) is 2.71. The van der Waals surface area contributed by atoms with Gasteiger partial charge in [-0.1, -0.05) is 23.3 Å². The van der Waals surface area contributed by atoms with Crippen LogP contribution in [0.4, 0.5) is 0 Å². The van der Waals surface area contributed by atoms with Crippen LogP contribution < -0.4 is 0 Å². The van der Waals surface area contributed by atoms with Crippen molar-refractivity contribution in [2.75, 3.05) is 0 Å². The van der Waals surface area contributed by atoms with Crippen molar-refractivity contribution in [3.05, 3.63) is 23.3 Å². The van der Waals surface area contributed by atoms with E-state index in [2.05, 4.69) is 39.8 Å². The maximum Gasteiger partial charge on any atom is 0.0920 e. The van der Waals surface area contributed by atoms with Gasteiger partial charge in [0, 0.05) is 0 Å². The minimum Gasteiger partial charge on any atom is -0.366 e. The number of hydrogen-bond donors (Lipinski definition) is 0. The van der Waals surface area contributed by atoms with Gasteiger partial charge in [0.15, 0.2) is 0 Å². The zero-order valence-electron chi connectivity index (χ0n) is 11.0. The van der Waals surface area contributed by atoms with Gasteiger partial charge in [-0.25, -0.2) is 0 Å². The molecule has 90 valence electrons. The quantitative estimate of drug-likeness (QED) is 0.512. The second-order valence-electron chi connectivity index (χ2n) is 5.86. The third-order valence-electron chi connectivity index (χ3n) is 4.13. The molecule has 0 spiro atoms. The summed E-state index contributed by atoms with van der Waals surface area (Å²) in [5.41, 5.74) is 3.23. The van der Waals surface area contributed by atoms with Gasteiger partial charge in [0.25, 0.3) is 0 Å². The van der Waals surface area contributed by atoms with Crippen LogP contribution in [0.1, 0.15) is 53.4 Å². The van der Waals surface area contributed by atoms with Crippen LogP contribution in [0.3, 0.4) is 0 Å². The van der Waals surface area contributed by atoms with Crippen molar-refractivity contribution in [2.45, 2.75) is 65.1 Å². The Bertz CT molecular complexity index is 322. The number of fused-ring (bicyclic) bond motifs is 1. The Morgan fingerprint density at radius 2 is 2.06 bits per heavy atom. The van der Waals surface area contributed by atoms with Gasteiger partial charge in [-0.05, 0) is 59.3 Å². The SMILES string of the molecule is CC(C)=CC/C=C(\C)C1CCC2(C)OC2C1. The molecule has 0 radical (unpaired) electrons. The summed E-state index contributed by atoms with van der Waals surface area (Å²) in [5.74, 6) is 0.770. The average Bonchev–Trinajstić information content (AvgIpc) is 2.87. The molecule has 1 saturated carbocycles. The molecule has 1 aliphatic heterocycles. The summed E-state index contributed by atoms with van der Waals surface area (Å²) in [5, 5.41) is 0. The second kappa shape index (κ2) is 4.37. The van der Waals surface area contributed by atoms with E-state index in [1.807, 2.05) is 0 Å². The van der Waals surface area contributed by atoms with E-state index in [1.165, 1.54) is 24.8 Å². The van der Waals surface area contributed by atoms with E-state index in [-0.39, 0.29) is 5.60 Å². The van der Waals surface area contributed by atoms with Crippen molar-refractivity contribution in [1.29, 1.82) is 0 Å². The maximum absolute atomic E-state index is 5.75. The Hall–Kier alpha value is -0.560. The molecule has 2 rings (SSSR count). The lowest BCUT2D eigenvalue weighted by Crippen LogP contribution is -2.21. The van der Waals surface area contributed by atoms with E-state index < -0.39 is 0 Å². The Morgan fingerprint density at radius 1 is 1.31 bits per heavy atom. The number of ether oxygens (including phenoxy) is 1. The Labute approximate surface area is 99.6 Å². The zero-order valence-corrected chi connectivity index (χ0v) is 11.0. The van der Waals surface area contributed by atoms with Gasteiger partial charge in [-0.15, -0.1) is 0 Å². The van der Waals surface area contributed by atoms with E-state index in [1.54, 1.807) is 5.57 Å². The maximum atomic E-state index is 5.75. The highest BCUT2D eigenvalue weighted by Crippen LogP contribution is 2.50. The number of allylic oxidation sites excluding steroid dienone is 4. The molecule has 0 aromatic heterocycles. The number of rotatable bonds is 3. The number of epoxide rings is 1. The molecule has 0 N–H and O–H groups in total. The van der Waals surface area contributed by atoms with Crippen molar-refractivity contribution >= 4 is 0 Å². The zero-order chi connectivity index (χ0) is 11.8. The summed E-state index contributed by atoms with van der Waals surface area (Å²) >= 11 is 0. The van der Waals surface area contributed by atoms with Crippen molar-refractivity contribution < 1.29 is 4.74 Å². The predicted octanol–water partition coefficient (Wildman–Crippen LogP) is 4.25. The van der Waals surface area contributed by atoms with Gasteiger partial charge in [0.1, 0.15) is 0 Å². The van der Waals surface area contributed by atoms with Crippen LogP contribution in [-0.4, -0.2) is 11.7 Å². The van der Waals surface area contributed by atoms with Gasteiger partial charge < -0.3 is 4.74 Å². The smallest absolute Gasteiger partial charge is 0.0920 e. The topological polar surface area (TPSA) is 12.5 Å². The van der Waals surface area contributed by atoms with E-state index in [9.17, 15) is 0 Å². The first-order valence-corrected chi connectivity index (χ1v) is 6.49. The largest absolute Gasteiger partial charge is 0.366 e. The highest BCUT2D eigenvalue weighted by Gasteiger charge is 2.55. The first kappa shape index (κ1) is 11.9. The van der Waals surface area contributed by atoms with Gasteiger partial charge in [-0.3, -0.25) is 0 Å². The molecule has 1 aliphatic carbocycles. The van der Waals surface area contributed by atoms with Crippen molar-refractivity contribution in [3.8, 4) is 0 Å². The predicted molar refractivity (Wildman–Crippen MR) is 68.4 cm³/mol. The summed E-state index contributed by atoms with van der Waals surface area (Å²) in [6.45, 7) is 8.87. The first-order valence-electron chi connectivity index (χ1n) is 6.49. The van der Waals surface area contributed by atoms with Crippen LogP contribution in [0.15, 0.2) is 23.3 Å². The third-order valence-corrected chi connectivity index (χ3v) is 4.13. The monoisotopic (exact) mass is 220 g/mol. The summed E-state index contributed by atoms with van der Waals surface area (Å²) in [4.78, 5) is 0. The molecule has 1 heteroatoms. The second-order valence-corrected chi connectivity index (χ2v) is 5.86. The Kier molecular flexibility index (Phi) is 3.25. The highest BCUT2D eigenvalue weighted by molar-refractivity contribution is 5.14. The van der Waals surface area contributed by atoms with Crippen LogP contribution in [0.25, 0.3) is 0 Å². The standard InChI is InChI=1S/C15H24O/c1-11(2)6-5-7-12(3)13-8-9-15(4)14(10-13)16-15/h6-7,13-14H,5,8-10H2,1-4H3/b12-7+. The molecule has 2 aliphatic rings. The molecule has 0 aromatic rings. The van der Waals surface area contributed by atoms with Crippen molar-refractivity contribution in [2.24, 2.45) is 5.92 Å². The third kappa shape index (κ3) is 2.57. The molecule has 1 saturated heterocycles. The molecule has 3 unspecified atom stereocenters. The minimum atomic E-state index is 0.261.